The van der Waals surface area contributed by atoms with Crippen molar-refractivity contribution in [1.82, 2.24) is 10.2 Å². The topological polar surface area (TPSA) is 15.3 Å². The van der Waals surface area contributed by atoms with Gasteiger partial charge in [0.1, 0.15) is 0 Å². The largest absolute Gasteiger partial charge is 0.308 e. The third kappa shape index (κ3) is 3.23. The van der Waals surface area contributed by atoms with Gasteiger partial charge in [-0.1, -0.05) is 6.92 Å². The number of nitrogens with zero attached hydrogens (tertiary/aromatic N) is 1. The van der Waals surface area contributed by atoms with Crippen molar-refractivity contribution in [1.29, 1.82) is 0 Å². The predicted octanol–water partition coefficient (Wildman–Crippen LogP) is 2.98. The van der Waals surface area contributed by atoms with Crippen LogP contribution in [-0.2, 0) is 0 Å². The van der Waals surface area contributed by atoms with Crippen molar-refractivity contribution >= 4 is 11.8 Å². The Labute approximate surface area is 117 Å². The van der Waals surface area contributed by atoms with E-state index < -0.39 is 0 Å². The molecule has 1 saturated heterocycles. The molecule has 0 aromatic heterocycles. The van der Waals surface area contributed by atoms with Crippen LogP contribution in [0.1, 0.15) is 46.5 Å². The average Bonchev–Trinajstić information content (AvgIpc) is 3.20. The van der Waals surface area contributed by atoms with Gasteiger partial charge in [0.25, 0.3) is 0 Å². The van der Waals surface area contributed by atoms with Crippen LogP contribution in [0.25, 0.3) is 0 Å². The second kappa shape index (κ2) is 6.15. The zero-order valence-electron chi connectivity index (χ0n) is 12.5. The highest BCUT2D eigenvalue weighted by Crippen LogP contribution is 2.42. The lowest BCUT2D eigenvalue weighted by molar-refractivity contribution is 0.0415. The second-order valence-corrected chi connectivity index (χ2v) is 7.42. The number of piperazine rings is 1. The molecule has 2 rings (SSSR count). The van der Waals surface area contributed by atoms with Gasteiger partial charge in [-0.05, 0) is 57.5 Å². The summed E-state index contributed by atoms with van der Waals surface area (Å²) in [6.45, 7) is 9.65. The minimum absolute atomic E-state index is 0.388. The van der Waals surface area contributed by atoms with E-state index in [1.165, 1.54) is 44.5 Å². The van der Waals surface area contributed by atoms with Gasteiger partial charge in [0, 0.05) is 30.7 Å². The fourth-order valence-electron chi connectivity index (χ4n) is 3.38. The highest BCUT2D eigenvalue weighted by molar-refractivity contribution is 7.98. The molecule has 3 heteroatoms. The third-order valence-corrected chi connectivity index (χ3v) is 5.62. The molecule has 1 heterocycles. The van der Waals surface area contributed by atoms with Crippen LogP contribution in [0.5, 0.6) is 0 Å². The van der Waals surface area contributed by atoms with Crippen molar-refractivity contribution in [2.75, 3.05) is 25.1 Å². The minimum Gasteiger partial charge on any atom is -0.308 e. The molecule has 1 aliphatic heterocycles. The number of nitrogens with one attached hydrogen (secondary N) is 1. The fraction of sp³-hybridized carbons (Fsp3) is 1.00. The van der Waals surface area contributed by atoms with Gasteiger partial charge < -0.3 is 5.32 Å². The molecule has 106 valence electrons. The summed E-state index contributed by atoms with van der Waals surface area (Å²) in [7, 11) is 0. The fourth-order valence-corrected chi connectivity index (χ4v) is 3.95. The van der Waals surface area contributed by atoms with Gasteiger partial charge in [0.2, 0.25) is 0 Å². The van der Waals surface area contributed by atoms with E-state index in [1.807, 2.05) is 11.8 Å². The summed E-state index contributed by atoms with van der Waals surface area (Å²) < 4.78 is 0. The van der Waals surface area contributed by atoms with Crippen molar-refractivity contribution in [3.8, 4) is 0 Å². The lowest BCUT2D eigenvalue weighted by Gasteiger charge is -2.49. The van der Waals surface area contributed by atoms with E-state index in [9.17, 15) is 0 Å². The highest BCUT2D eigenvalue weighted by Gasteiger charge is 2.46. The normalized spacial score (nSPS) is 35.7. The van der Waals surface area contributed by atoms with Crippen LogP contribution in [0, 0.1) is 5.92 Å². The van der Waals surface area contributed by atoms with E-state index in [0.717, 1.165) is 18.0 Å². The van der Waals surface area contributed by atoms with Crippen LogP contribution in [0.3, 0.4) is 0 Å². The Balaban J connectivity index is 1.98. The quantitative estimate of drug-likeness (QED) is 0.799. The molecule has 2 fully saturated rings. The van der Waals surface area contributed by atoms with Gasteiger partial charge in [0.15, 0.2) is 0 Å². The van der Waals surface area contributed by atoms with Gasteiger partial charge in [-0.25, -0.2) is 0 Å². The van der Waals surface area contributed by atoms with Crippen LogP contribution < -0.4 is 5.32 Å². The maximum Gasteiger partial charge on any atom is 0.0309 e. The maximum atomic E-state index is 3.85. The van der Waals surface area contributed by atoms with E-state index in [-0.39, 0.29) is 0 Å². The van der Waals surface area contributed by atoms with Crippen LogP contribution >= 0.6 is 11.8 Å². The lowest BCUT2D eigenvalue weighted by atomic mass is 9.89. The molecule has 0 radical (unpaired) electrons. The minimum atomic E-state index is 0.388. The Bertz CT molecular complexity index is 267. The van der Waals surface area contributed by atoms with E-state index in [2.05, 4.69) is 37.2 Å². The van der Waals surface area contributed by atoms with Crippen LogP contribution in [0.2, 0.25) is 0 Å². The zero-order chi connectivity index (χ0) is 13.2. The SMILES string of the molecule is CCC1CNC(C)(C2CC2)CN1C(C)CCSC. The Morgan fingerprint density at radius 3 is 2.72 bits per heavy atom. The number of hydrogen-bond acceptors (Lipinski definition) is 3. The van der Waals surface area contributed by atoms with E-state index in [1.54, 1.807) is 0 Å². The first-order chi connectivity index (χ1) is 8.60. The van der Waals surface area contributed by atoms with Crippen LogP contribution in [-0.4, -0.2) is 47.6 Å². The number of hydrogen-bond donors (Lipinski definition) is 1. The summed E-state index contributed by atoms with van der Waals surface area (Å²) in [6, 6.07) is 1.48. The van der Waals surface area contributed by atoms with Gasteiger partial charge in [0.05, 0.1) is 0 Å². The predicted molar refractivity (Wildman–Crippen MR) is 82.4 cm³/mol. The van der Waals surface area contributed by atoms with Gasteiger partial charge in [-0.2, -0.15) is 11.8 Å². The standard InChI is InChI=1S/C15H30N2S/c1-5-14-10-16-15(3,13-6-7-13)11-17(14)12(2)8-9-18-4/h12-14,16H,5-11H2,1-4H3. The monoisotopic (exact) mass is 270 g/mol. The molecule has 3 atom stereocenters. The van der Waals surface area contributed by atoms with Gasteiger partial charge in [-0.15, -0.1) is 0 Å². The molecule has 0 amide bonds. The first kappa shape index (κ1) is 14.7. The first-order valence-electron chi connectivity index (χ1n) is 7.60. The van der Waals surface area contributed by atoms with Crippen molar-refractivity contribution in [2.24, 2.45) is 5.92 Å². The Hall–Kier alpha value is 0.270. The molecule has 1 N–H and O–H groups in total. The van der Waals surface area contributed by atoms with E-state index in [4.69, 9.17) is 0 Å². The third-order valence-electron chi connectivity index (χ3n) is 4.98. The van der Waals surface area contributed by atoms with Gasteiger partial charge in [-0.3, -0.25) is 4.90 Å². The molecule has 1 saturated carbocycles. The molecular formula is C15H30N2S. The Kier molecular flexibility index (Phi) is 5.01. The Morgan fingerprint density at radius 1 is 1.44 bits per heavy atom. The van der Waals surface area contributed by atoms with Crippen LogP contribution in [0.15, 0.2) is 0 Å². The molecule has 0 spiro atoms. The summed E-state index contributed by atoms with van der Waals surface area (Å²) in [5.41, 5.74) is 0.388. The number of rotatable bonds is 6. The summed E-state index contributed by atoms with van der Waals surface area (Å²) in [4.78, 5) is 2.80. The second-order valence-electron chi connectivity index (χ2n) is 6.44. The molecule has 2 nitrogen and oxygen atoms in total. The Morgan fingerprint density at radius 2 is 2.17 bits per heavy atom. The van der Waals surface area contributed by atoms with Gasteiger partial charge >= 0.3 is 0 Å². The van der Waals surface area contributed by atoms with Crippen molar-refractivity contribution in [2.45, 2.75) is 64.1 Å². The van der Waals surface area contributed by atoms with E-state index in [0.29, 0.717) is 5.54 Å². The van der Waals surface area contributed by atoms with Crippen LogP contribution in [0.4, 0.5) is 0 Å². The van der Waals surface area contributed by atoms with E-state index >= 15 is 0 Å². The summed E-state index contributed by atoms with van der Waals surface area (Å²) in [6.07, 6.45) is 7.70. The first-order valence-corrected chi connectivity index (χ1v) is 8.99. The molecule has 3 unspecified atom stereocenters. The zero-order valence-corrected chi connectivity index (χ0v) is 13.4. The average molecular weight is 270 g/mol. The molecule has 0 aromatic carbocycles. The summed E-state index contributed by atoms with van der Waals surface area (Å²) in [5.74, 6) is 2.23. The molecule has 0 bridgehead atoms. The van der Waals surface area contributed by atoms with Crippen molar-refractivity contribution in [3.63, 3.8) is 0 Å². The summed E-state index contributed by atoms with van der Waals surface area (Å²) >= 11 is 1.98. The molecule has 18 heavy (non-hydrogen) atoms. The summed E-state index contributed by atoms with van der Waals surface area (Å²) in [5, 5.41) is 3.85. The smallest absolute Gasteiger partial charge is 0.0309 e. The number of thioether (sulfide) groups is 1. The maximum absolute atomic E-state index is 3.85. The van der Waals surface area contributed by atoms with Crippen molar-refractivity contribution in [3.05, 3.63) is 0 Å². The molecule has 2 aliphatic rings. The molecule has 0 aromatic rings. The molecule has 1 aliphatic carbocycles. The lowest BCUT2D eigenvalue weighted by Crippen LogP contribution is -2.65. The highest BCUT2D eigenvalue weighted by atomic mass is 32.2. The molecular weight excluding hydrogens is 240 g/mol. The van der Waals surface area contributed by atoms with Crippen molar-refractivity contribution < 1.29 is 0 Å².